The van der Waals surface area contributed by atoms with Gasteiger partial charge in [-0.1, -0.05) is 135 Å². The van der Waals surface area contributed by atoms with Crippen LogP contribution in [0.4, 0.5) is 0 Å². The van der Waals surface area contributed by atoms with E-state index in [-0.39, 0.29) is 57.8 Å². The van der Waals surface area contributed by atoms with Crippen molar-refractivity contribution in [3.05, 3.63) is 89.4 Å². The van der Waals surface area contributed by atoms with Crippen molar-refractivity contribution < 1.29 is 74.2 Å². The molecule has 0 amide bonds. The molecule has 21 heteroatoms. The average molecular weight is 1420 g/mol. The van der Waals surface area contributed by atoms with Crippen LogP contribution < -0.4 is 0 Å². The molecular formula is C71H113BrO16SSi3. The number of carbonyl (C=O) groups excluding carboxylic acids is 1. The quantitative estimate of drug-likeness (QED) is 0.0325. The molecule has 2 aromatic rings. The van der Waals surface area contributed by atoms with Crippen LogP contribution in [0.15, 0.2) is 88.8 Å². The fraction of sp³-hybridized carbons (Fsp3) is 0.761. The van der Waals surface area contributed by atoms with Gasteiger partial charge in [-0.25, -0.2) is 13.2 Å². The van der Waals surface area contributed by atoms with Crippen LogP contribution in [0.25, 0.3) is 0 Å². The van der Waals surface area contributed by atoms with E-state index in [1.54, 1.807) is 61.7 Å². The maximum absolute atomic E-state index is 16.0. The second kappa shape index (κ2) is 30.2. The largest absolute Gasteiger partial charge is 0.458 e. The third kappa shape index (κ3) is 16.6. The molecule has 10 rings (SSSR count). The number of fused-ring (bicyclic) bond motifs is 1. The summed E-state index contributed by atoms with van der Waals surface area (Å²) in [7, 11) is -9.26. The van der Waals surface area contributed by atoms with E-state index in [4.69, 9.17) is 55.9 Å². The van der Waals surface area contributed by atoms with Crippen LogP contribution in [-0.2, 0) is 65.7 Å². The van der Waals surface area contributed by atoms with Crippen molar-refractivity contribution in [2.45, 2.75) is 314 Å². The number of rotatable bonds is 31. The molecule has 2 aromatic carbocycles. The van der Waals surface area contributed by atoms with Gasteiger partial charge in [0, 0.05) is 58.2 Å². The van der Waals surface area contributed by atoms with E-state index in [0.717, 1.165) is 43.0 Å². The second-order valence-electron chi connectivity index (χ2n) is 30.9. The summed E-state index contributed by atoms with van der Waals surface area (Å²) in [6.45, 7) is 41.1. The Labute approximate surface area is 563 Å². The maximum atomic E-state index is 16.0. The Morgan fingerprint density at radius 2 is 1.40 bits per heavy atom. The van der Waals surface area contributed by atoms with Crippen LogP contribution in [0.2, 0.25) is 54.4 Å². The predicted molar refractivity (Wildman–Crippen MR) is 369 cm³/mol. The van der Waals surface area contributed by atoms with Crippen LogP contribution in [0.5, 0.6) is 0 Å². The number of carbonyl (C=O) groups is 1. The third-order valence-corrected chi connectivity index (χ3v) is 39.1. The van der Waals surface area contributed by atoms with E-state index in [0.29, 0.717) is 74.6 Å². The first-order valence-corrected chi connectivity index (χ1v) is 45.3. The number of hydrogen-bond acceptors (Lipinski definition) is 16. The van der Waals surface area contributed by atoms with Gasteiger partial charge in [0.2, 0.25) is 0 Å². The molecule has 6 bridgehead atoms. The first-order chi connectivity index (χ1) is 43.3. The highest BCUT2D eigenvalue weighted by atomic mass is 79.9. The van der Waals surface area contributed by atoms with E-state index in [9.17, 15) is 9.90 Å². The summed E-state index contributed by atoms with van der Waals surface area (Å²) in [5, 5.41) is 11.8. The number of hydrogen-bond donors (Lipinski definition) is 1. The number of sulfone groups is 1. The molecule has 8 fully saturated rings. The zero-order chi connectivity index (χ0) is 66.9. The lowest BCUT2D eigenvalue weighted by Crippen LogP contribution is -2.62. The number of esters is 1. The van der Waals surface area contributed by atoms with Gasteiger partial charge in [0.15, 0.2) is 40.6 Å². The first kappa shape index (κ1) is 74.2. The summed E-state index contributed by atoms with van der Waals surface area (Å²) in [5.74, 6) is -2.28. The minimum atomic E-state index is -4.38. The Kier molecular flexibility index (Phi) is 24.4. The van der Waals surface area contributed by atoms with Gasteiger partial charge in [-0.2, -0.15) is 0 Å². The topological polar surface area (TPSA) is 182 Å². The Morgan fingerprint density at radius 3 is 2.03 bits per heavy atom. The molecule has 16 nitrogen and oxygen atoms in total. The second-order valence-corrected chi connectivity index (χ2v) is 48.4. The van der Waals surface area contributed by atoms with Gasteiger partial charge in [-0.15, -0.1) is 0 Å². The van der Waals surface area contributed by atoms with E-state index in [1.165, 1.54) is 0 Å². The zero-order valence-corrected chi connectivity index (χ0v) is 63.4. The van der Waals surface area contributed by atoms with E-state index in [2.05, 4.69) is 125 Å². The van der Waals surface area contributed by atoms with Crippen molar-refractivity contribution in [3.8, 4) is 0 Å². The molecule has 0 radical (unpaired) electrons. The van der Waals surface area contributed by atoms with Gasteiger partial charge in [0.05, 0.1) is 83.4 Å². The fourth-order valence-corrected chi connectivity index (χ4v) is 22.7. The van der Waals surface area contributed by atoms with Crippen LogP contribution in [-0.4, -0.2) is 173 Å². The number of halogens is 1. The van der Waals surface area contributed by atoms with Crippen molar-refractivity contribution in [1.29, 1.82) is 0 Å². The SMILES string of the molecule is C=C(Br)C[C@@H](CCC12CC3OC4C(OC5CCC(C[C@H](O)[C@H]([C@@H]6[C@@H](OC)[C@@H](C[C@@H](CO[Si](C)(C)C(C)(C)C)O[Si](C)(C)C(C)(C)C)O[C@H]6C[C@H]6O[C@@H](CCCO[Si](CC)(CC)CC)C[C@@H](C)C6=C)S(=O)(=O)c6ccccc6)OC5C4O1)C3O2)OC(=O)c1ccccc1. The summed E-state index contributed by atoms with van der Waals surface area (Å²) in [5.41, 5.74) is 1.40. The Morgan fingerprint density at radius 1 is 0.772 bits per heavy atom. The van der Waals surface area contributed by atoms with Gasteiger partial charge in [-0.3, -0.25) is 0 Å². The number of benzene rings is 2. The average Bonchev–Trinajstić information content (AvgIpc) is 1.54. The molecule has 0 aliphatic carbocycles. The molecule has 8 aliphatic rings. The molecule has 0 saturated carbocycles. The van der Waals surface area contributed by atoms with E-state index in [1.807, 2.05) is 6.07 Å². The summed E-state index contributed by atoms with van der Waals surface area (Å²) in [6.07, 6.45) is -3.02. The summed E-state index contributed by atoms with van der Waals surface area (Å²) in [4.78, 5) is 13.5. The Bertz CT molecular complexity index is 2880. The molecule has 20 atom stereocenters. The predicted octanol–water partition coefficient (Wildman–Crippen LogP) is 14.6. The van der Waals surface area contributed by atoms with Gasteiger partial charge < -0.3 is 61.0 Å². The minimum absolute atomic E-state index is 0.0206. The lowest BCUT2D eigenvalue weighted by Gasteiger charge is -2.48. The molecule has 8 saturated heterocycles. The smallest absolute Gasteiger partial charge is 0.338 e. The van der Waals surface area contributed by atoms with Crippen LogP contribution in [0.1, 0.15) is 157 Å². The Hall–Kier alpha value is -2.01. The molecule has 92 heavy (non-hydrogen) atoms. The van der Waals surface area contributed by atoms with Crippen molar-refractivity contribution >= 4 is 56.7 Å². The normalized spacial score (nSPS) is 33.1. The van der Waals surface area contributed by atoms with Gasteiger partial charge in [0.25, 0.3) is 0 Å². The van der Waals surface area contributed by atoms with Crippen molar-refractivity contribution in [1.82, 2.24) is 0 Å². The first-order valence-electron chi connectivity index (χ1n) is 34.6. The molecule has 9 unspecified atom stereocenters. The molecule has 8 heterocycles. The third-order valence-electron chi connectivity index (χ3n) is 22.8. The zero-order valence-electron chi connectivity index (χ0n) is 58.0. The van der Waals surface area contributed by atoms with E-state index >= 15 is 8.42 Å². The molecule has 8 aliphatic heterocycles. The minimum Gasteiger partial charge on any atom is -0.458 e. The lowest BCUT2D eigenvalue weighted by atomic mass is 9.81. The summed E-state index contributed by atoms with van der Waals surface area (Å²) < 4.78 is 116. The highest BCUT2D eigenvalue weighted by molar-refractivity contribution is 9.11. The standard InChI is InChI=1S/C71H113BrO16SSi3/c1-18-92(19-2,20-3)78-37-27-30-49-38-45(4)47(6)56(80-49)42-57-60(61(77-13)58(83-57)41-52(88-91(16,17)70(10,11)12)44-79-90(14,15)69(7,8)9)67(89(75,76)53-31-25-22-26-32-53)54(73)40-50-33-34-55-62(81-50)66-65-64(84-55)63-59(85-65)43-71(86-63,87-66)36-35-51(39-46(5)72)82-68(74)48-28-23-21-24-29-48/h21-26,28-29,31-32,45,49-52,54-67,73H,5-6,18-20,27,30,33-44H2,1-4,7-17H3/t45-,49+,50?,51-,52+,54+,55?,56-,57+,58-,59?,60+,61+,62?,63?,64?,65?,66?,67-,71?/m1/s1. The summed E-state index contributed by atoms with van der Waals surface area (Å²) in [6, 6.07) is 20.7. The molecule has 0 spiro atoms. The molecule has 518 valence electrons. The highest BCUT2D eigenvalue weighted by Crippen LogP contribution is 2.55. The maximum Gasteiger partial charge on any atom is 0.338 e. The van der Waals surface area contributed by atoms with E-state index < -0.39 is 125 Å². The van der Waals surface area contributed by atoms with Gasteiger partial charge >= 0.3 is 5.97 Å². The van der Waals surface area contributed by atoms with Crippen molar-refractivity contribution in [2.24, 2.45) is 11.8 Å². The summed E-state index contributed by atoms with van der Waals surface area (Å²) >= 11 is 3.51. The van der Waals surface area contributed by atoms with Crippen molar-refractivity contribution in [3.63, 3.8) is 0 Å². The highest BCUT2D eigenvalue weighted by Gasteiger charge is 2.69. The van der Waals surface area contributed by atoms with Crippen molar-refractivity contribution in [2.75, 3.05) is 20.3 Å². The van der Waals surface area contributed by atoms with Crippen LogP contribution in [0, 0.1) is 11.8 Å². The monoisotopic (exact) mass is 1420 g/mol. The van der Waals surface area contributed by atoms with Crippen LogP contribution >= 0.6 is 15.9 Å². The Balaban J connectivity index is 1.02. The van der Waals surface area contributed by atoms with Crippen LogP contribution in [0.3, 0.4) is 0 Å². The number of ether oxygens (including phenoxy) is 9. The number of aliphatic hydroxyl groups is 1. The molecule has 0 aromatic heterocycles. The molecule has 1 N–H and O–H groups in total. The fourth-order valence-electron chi connectivity index (χ4n) is 15.1. The number of aliphatic hydroxyl groups excluding tert-OH is 1. The van der Waals surface area contributed by atoms with Gasteiger partial charge in [-0.05, 0) is 133 Å². The molecular weight excluding hydrogens is 1300 g/mol. The van der Waals surface area contributed by atoms with Gasteiger partial charge in [0.1, 0.15) is 36.6 Å². The lowest BCUT2D eigenvalue weighted by molar-refractivity contribution is -0.293. The number of methoxy groups -OCH3 is 1.